The first-order valence-electron chi connectivity index (χ1n) is 5.61. The third-order valence-electron chi connectivity index (χ3n) is 2.46. The molecule has 2 aromatic heterocycles. The summed E-state index contributed by atoms with van der Waals surface area (Å²) in [6.45, 7) is 0. The summed E-state index contributed by atoms with van der Waals surface area (Å²) in [4.78, 5) is 13.3. The lowest BCUT2D eigenvalue weighted by Gasteiger charge is -1.99. The van der Waals surface area contributed by atoms with Crippen LogP contribution in [-0.4, -0.2) is 31.1 Å². The fraction of sp³-hybridized carbons (Fsp3) is 0. The number of para-hydroxylation sites is 1. The summed E-state index contributed by atoms with van der Waals surface area (Å²) in [6.07, 6.45) is 2.97. The molecule has 7 heteroatoms. The van der Waals surface area contributed by atoms with Gasteiger partial charge in [-0.25, -0.2) is 0 Å². The number of nitrogens with zero attached hydrogens (tertiary/aromatic N) is 4. The first-order chi connectivity index (χ1) is 9.33. The number of amides is 1. The Balaban J connectivity index is 1.80. The van der Waals surface area contributed by atoms with Gasteiger partial charge in [-0.3, -0.25) is 9.89 Å². The van der Waals surface area contributed by atoms with Gasteiger partial charge in [0.2, 0.25) is 0 Å². The van der Waals surface area contributed by atoms with E-state index in [1.807, 2.05) is 30.3 Å². The predicted octanol–water partition coefficient (Wildman–Crippen LogP) is 1.24. The minimum absolute atomic E-state index is 0.235. The van der Waals surface area contributed by atoms with Gasteiger partial charge in [-0.1, -0.05) is 18.2 Å². The smallest absolute Gasteiger partial charge is 0.279 e. The number of carbonyl (C=O) groups excluding carboxylic acids is 1. The Kier molecular flexibility index (Phi) is 2.77. The average molecular weight is 254 g/mol. The van der Waals surface area contributed by atoms with E-state index in [0.29, 0.717) is 5.82 Å². The molecule has 0 saturated carbocycles. The van der Waals surface area contributed by atoms with Crippen molar-refractivity contribution in [3.05, 3.63) is 54.5 Å². The standard InChI is InChI=1S/C12H10N6O/c19-12(15-11-6-7-13-16-11)10-8-14-18(17-10)9-4-2-1-3-5-9/h1-8H,(H2,13,15,16,19). The molecule has 2 N–H and O–H groups in total. The molecule has 0 aliphatic rings. The minimum atomic E-state index is -0.341. The van der Waals surface area contributed by atoms with Crippen molar-refractivity contribution in [2.75, 3.05) is 5.32 Å². The first kappa shape index (κ1) is 11.1. The molecule has 0 atom stereocenters. The van der Waals surface area contributed by atoms with Crippen LogP contribution in [0.2, 0.25) is 0 Å². The molecule has 2 heterocycles. The molecule has 94 valence electrons. The summed E-state index contributed by atoms with van der Waals surface area (Å²) in [5.74, 6) is 0.172. The van der Waals surface area contributed by atoms with Crippen LogP contribution in [0.4, 0.5) is 5.82 Å². The number of rotatable bonds is 3. The topological polar surface area (TPSA) is 88.5 Å². The quantitative estimate of drug-likeness (QED) is 0.736. The highest BCUT2D eigenvalue weighted by Crippen LogP contribution is 2.06. The van der Waals surface area contributed by atoms with Crippen molar-refractivity contribution in [3.63, 3.8) is 0 Å². The fourth-order valence-corrected chi connectivity index (χ4v) is 1.56. The Morgan fingerprint density at radius 1 is 1.21 bits per heavy atom. The summed E-state index contributed by atoms with van der Waals surface area (Å²) in [5.41, 5.74) is 1.03. The third-order valence-corrected chi connectivity index (χ3v) is 2.46. The molecule has 0 bridgehead atoms. The SMILES string of the molecule is O=C(Nc1ccn[nH]1)c1cnn(-c2ccccc2)n1. The maximum atomic E-state index is 11.9. The Bertz CT molecular complexity index is 673. The van der Waals surface area contributed by atoms with E-state index in [9.17, 15) is 4.79 Å². The van der Waals surface area contributed by atoms with E-state index in [0.717, 1.165) is 5.69 Å². The number of aromatic amines is 1. The molecule has 0 fully saturated rings. The van der Waals surface area contributed by atoms with Crippen LogP contribution < -0.4 is 5.32 Å². The molecule has 0 saturated heterocycles. The highest BCUT2D eigenvalue weighted by Gasteiger charge is 2.11. The molecular formula is C12H10N6O. The number of anilines is 1. The predicted molar refractivity (Wildman–Crippen MR) is 67.9 cm³/mol. The van der Waals surface area contributed by atoms with E-state index in [2.05, 4.69) is 25.7 Å². The summed E-state index contributed by atoms with van der Waals surface area (Å²) >= 11 is 0. The molecule has 1 amide bonds. The van der Waals surface area contributed by atoms with Crippen molar-refractivity contribution >= 4 is 11.7 Å². The van der Waals surface area contributed by atoms with E-state index in [4.69, 9.17) is 0 Å². The van der Waals surface area contributed by atoms with Crippen molar-refractivity contribution in [1.29, 1.82) is 0 Å². The van der Waals surface area contributed by atoms with Crippen molar-refractivity contribution in [1.82, 2.24) is 25.2 Å². The van der Waals surface area contributed by atoms with Crippen molar-refractivity contribution in [2.45, 2.75) is 0 Å². The van der Waals surface area contributed by atoms with Gasteiger partial charge in [0.25, 0.3) is 5.91 Å². The van der Waals surface area contributed by atoms with Gasteiger partial charge in [-0.15, -0.1) is 5.10 Å². The lowest BCUT2D eigenvalue weighted by atomic mass is 10.3. The van der Waals surface area contributed by atoms with E-state index in [1.54, 1.807) is 12.3 Å². The van der Waals surface area contributed by atoms with Gasteiger partial charge in [0, 0.05) is 6.07 Å². The number of carbonyl (C=O) groups is 1. The molecule has 7 nitrogen and oxygen atoms in total. The number of nitrogens with one attached hydrogen (secondary N) is 2. The van der Waals surface area contributed by atoms with Crippen molar-refractivity contribution in [2.24, 2.45) is 0 Å². The molecule has 0 unspecified atom stereocenters. The van der Waals surface area contributed by atoms with Gasteiger partial charge in [-0.2, -0.15) is 15.0 Å². The molecule has 0 aliphatic heterocycles. The lowest BCUT2D eigenvalue weighted by molar-refractivity contribution is 0.102. The molecule has 1 aromatic carbocycles. The number of hydrogen-bond acceptors (Lipinski definition) is 4. The Labute approximate surface area is 108 Å². The zero-order chi connectivity index (χ0) is 13.1. The number of benzene rings is 1. The first-order valence-corrected chi connectivity index (χ1v) is 5.61. The molecule has 19 heavy (non-hydrogen) atoms. The zero-order valence-electron chi connectivity index (χ0n) is 9.82. The van der Waals surface area contributed by atoms with Crippen LogP contribution in [0.25, 0.3) is 5.69 Å². The number of aromatic nitrogens is 5. The van der Waals surface area contributed by atoms with E-state index in [1.165, 1.54) is 11.0 Å². The van der Waals surface area contributed by atoms with Gasteiger partial charge >= 0.3 is 0 Å². The second-order valence-corrected chi connectivity index (χ2v) is 3.78. The van der Waals surface area contributed by atoms with Crippen LogP contribution >= 0.6 is 0 Å². The second-order valence-electron chi connectivity index (χ2n) is 3.78. The highest BCUT2D eigenvalue weighted by molar-refractivity contribution is 6.01. The summed E-state index contributed by atoms with van der Waals surface area (Å²) < 4.78 is 0. The van der Waals surface area contributed by atoms with E-state index < -0.39 is 0 Å². The van der Waals surface area contributed by atoms with Crippen LogP contribution in [0.5, 0.6) is 0 Å². The molecule has 3 aromatic rings. The average Bonchev–Trinajstić information content (AvgIpc) is 3.10. The monoisotopic (exact) mass is 254 g/mol. The summed E-state index contributed by atoms with van der Waals surface area (Å²) in [5, 5.41) is 17.2. The molecule has 3 rings (SSSR count). The zero-order valence-corrected chi connectivity index (χ0v) is 9.82. The van der Waals surface area contributed by atoms with Gasteiger partial charge in [0.1, 0.15) is 5.82 Å². The van der Waals surface area contributed by atoms with Crippen LogP contribution in [0, 0.1) is 0 Å². The Hall–Kier alpha value is -2.96. The normalized spacial score (nSPS) is 10.3. The summed E-state index contributed by atoms with van der Waals surface area (Å²) in [6, 6.07) is 11.0. The van der Waals surface area contributed by atoms with Crippen LogP contribution in [-0.2, 0) is 0 Å². The molecule has 0 aliphatic carbocycles. The van der Waals surface area contributed by atoms with Crippen molar-refractivity contribution in [3.8, 4) is 5.69 Å². The lowest BCUT2D eigenvalue weighted by Crippen LogP contribution is -2.13. The third kappa shape index (κ3) is 2.34. The second kappa shape index (κ2) is 4.73. The van der Waals surface area contributed by atoms with Gasteiger partial charge in [0.05, 0.1) is 18.1 Å². The van der Waals surface area contributed by atoms with Crippen LogP contribution in [0.3, 0.4) is 0 Å². The minimum Gasteiger partial charge on any atom is -0.305 e. The van der Waals surface area contributed by atoms with Crippen LogP contribution in [0.1, 0.15) is 10.5 Å². The molecule has 0 spiro atoms. The Morgan fingerprint density at radius 3 is 2.79 bits per heavy atom. The molecule has 0 radical (unpaired) electrons. The van der Waals surface area contributed by atoms with Gasteiger partial charge in [-0.05, 0) is 12.1 Å². The Morgan fingerprint density at radius 2 is 2.05 bits per heavy atom. The fourth-order valence-electron chi connectivity index (χ4n) is 1.56. The van der Waals surface area contributed by atoms with Crippen LogP contribution in [0.15, 0.2) is 48.8 Å². The molecular weight excluding hydrogens is 244 g/mol. The maximum Gasteiger partial charge on any atom is 0.279 e. The summed E-state index contributed by atoms with van der Waals surface area (Å²) in [7, 11) is 0. The maximum absolute atomic E-state index is 11.9. The highest BCUT2D eigenvalue weighted by atomic mass is 16.2. The van der Waals surface area contributed by atoms with E-state index in [-0.39, 0.29) is 11.6 Å². The van der Waals surface area contributed by atoms with E-state index >= 15 is 0 Å². The van der Waals surface area contributed by atoms with Crippen molar-refractivity contribution < 1.29 is 4.79 Å². The largest absolute Gasteiger partial charge is 0.305 e. The number of H-pyrrole nitrogens is 1. The number of hydrogen-bond donors (Lipinski definition) is 2. The van der Waals surface area contributed by atoms with Gasteiger partial charge in [0.15, 0.2) is 5.69 Å². The van der Waals surface area contributed by atoms with Gasteiger partial charge < -0.3 is 5.32 Å².